The number of nitrogens with zero attached hydrogens (tertiary/aromatic N) is 2. The first kappa shape index (κ1) is 29.8. The molecule has 0 aliphatic heterocycles. The smallest absolute Gasteiger partial charge is 0.216 e. The van der Waals surface area contributed by atoms with Crippen molar-refractivity contribution < 1.29 is 28.8 Å². The van der Waals surface area contributed by atoms with E-state index in [1.807, 2.05) is 48.5 Å². The van der Waals surface area contributed by atoms with Crippen LogP contribution < -0.4 is 0 Å². The molecule has 2 rings (SSSR count). The molecular formula is C30H46N2O4+2. The van der Waals surface area contributed by atoms with Gasteiger partial charge < -0.3 is 19.2 Å². The van der Waals surface area contributed by atoms with Crippen LogP contribution in [0.2, 0.25) is 0 Å². The highest BCUT2D eigenvalue weighted by atomic mass is 16.3. The van der Waals surface area contributed by atoms with E-state index in [9.17, 15) is 19.8 Å². The lowest BCUT2D eigenvalue weighted by Gasteiger charge is -2.36. The van der Waals surface area contributed by atoms with Crippen molar-refractivity contribution in [3.05, 3.63) is 59.7 Å². The predicted octanol–water partition coefficient (Wildman–Crippen LogP) is 4.20. The third kappa shape index (κ3) is 7.81. The quantitative estimate of drug-likeness (QED) is 0.253. The number of hydrogen-bond donors (Lipinski definition) is 2. The Labute approximate surface area is 217 Å². The van der Waals surface area contributed by atoms with Gasteiger partial charge in [-0.2, -0.15) is 0 Å². The third-order valence-corrected chi connectivity index (χ3v) is 7.97. The Balaban J connectivity index is 2.10. The molecule has 6 nitrogen and oxygen atoms in total. The van der Waals surface area contributed by atoms with Crippen LogP contribution in [-0.4, -0.2) is 96.3 Å². The molecule has 0 atom stereocenters. The van der Waals surface area contributed by atoms with E-state index < -0.39 is 0 Å². The summed E-state index contributed by atoms with van der Waals surface area (Å²) in [7, 11) is 0. The monoisotopic (exact) mass is 498 g/mol. The van der Waals surface area contributed by atoms with Gasteiger partial charge in [0, 0.05) is 37.2 Å². The van der Waals surface area contributed by atoms with E-state index >= 15 is 0 Å². The average Bonchev–Trinajstić information content (AvgIpc) is 2.93. The van der Waals surface area contributed by atoms with Crippen LogP contribution in [0.15, 0.2) is 48.5 Å². The molecule has 0 heterocycles. The summed E-state index contributed by atoms with van der Waals surface area (Å²) in [5, 5.41) is 18.5. The maximum absolute atomic E-state index is 13.0. The fraction of sp³-hybridized carbons (Fsp3) is 0.533. The molecule has 198 valence electrons. The minimum Gasteiger partial charge on any atom is -0.396 e. The first-order chi connectivity index (χ1) is 17.3. The first-order valence-corrected chi connectivity index (χ1v) is 13.5. The number of Topliss-reactive ketones (excluding diaryl/α,β-unsaturated/α-hetero) is 2. The number of likely N-dealkylation sites (N-methyl/N-ethyl adjacent to an activating group) is 2. The normalized spacial score (nSPS) is 12.1. The molecule has 0 bridgehead atoms. The SMILES string of the molecule is CC[N+](CC)(CCCO)CC(=O)c1ccc(-c2ccc(C(=O)C[N+](CC)(CC)CCCO)cc2)cc1. The number of carbonyl (C=O) groups is 2. The standard InChI is InChI=1S/C30H46N2O4/c1-5-31(6-2,19-9-21-33)23-29(35)27-15-11-25(12-16-27)26-13-17-28(18-14-26)30(36)24-32(7-3,8-4)20-10-22-34/h11-18,33-34H,5-10,19-24H2,1-4H3/q+2. The highest BCUT2D eigenvalue weighted by molar-refractivity contribution is 5.98. The molecule has 2 aromatic carbocycles. The van der Waals surface area contributed by atoms with Crippen LogP contribution in [0.5, 0.6) is 0 Å². The maximum Gasteiger partial charge on any atom is 0.216 e. The van der Waals surface area contributed by atoms with Crippen LogP contribution in [0.25, 0.3) is 11.1 Å². The molecule has 0 aromatic heterocycles. The van der Waals surface area contributed by atoms with Gasteiger partial charge in [0.1, 0.15) is 13.1 Å². The van der Waals surface area contributed by atoms with E-state index in [1.165, 1.54) is 0 Å². The fourth-order valence-electron chi connectivity index (χ4n) is 4.99. The Morgan fingerprint density at radius 3 is 1.14 bits per heavy atom. The summed E-state index contributed by atoms with van der Waals surface area (Å²) in [6.45, 7) is 14.6. The molecule has 2 aromatic rings. The Hall–Kier alpha value is -2.38. The maximum atomic E-state index is 13.0. The zero-order chi connectivity index (χ0) is 26.6. The summed E-state index contributed by atoms with van der Waals surface area (Å²) in [4.78, 5) is 26.0. The van der Waals surface area contributed by atoms with E-state index in [0.29, 0.717) is 46.0 Å². The number of ketones is 2. The number of aliphatic hydroxyl groups excluding tert-OH is 2. The summed E-state index contributed by atoms with van der Waals surface area (Å²) in [5.74, 6) is 0.248. The van der Waals surface area contributed by atoms with Gasteiger partial charge in [0.15, 0.2) is 0 Å². The lowest BCUT2D eigenvalue weighted by molar-refractivity contribution is -0.917. The van der Waals surface area contributed by atoms with Crippen molar-refractivity contribution in [1.29, 1.82) is 0 Å². The van der Waals surface area contributed by atoms with Crippen molar-refractivity contribution in [2.45, 2.75) is 40.5 Å². The summed E-state index contributed by atoms with van der Waals surface area (Å²) in [5.41, 5.74) is 3.42. The molecule has 36 heavy (non-hydrogen) atoms. The van der Waals surface area contributed by atoms with Crippen molar-refractivity contribution in [2.75, 3.05) is 65.6 Å². The Kier molecular flexibility index (Phi) is 11.9. The van der Waals surface area contributed by atoms with Crippen LogP contribution in [0, 0.1) is 0 Å². The third-order valence-electron chi connectivity index (χ3n) is 7.97. The van der Waals surface area contributed by atoms with E-state index in [4.69, 9.17) is 0 Å². The van der Waals surface area contributed by atoms with Gasteiger partial charge >= 0.3 is 0 Å². The number of benzene rings is 2. The molecule has 0 amide bonds. The number of aliphatic hydroxyl groups is 2. The molecule has 0 spiro atoms. The Bertz CT molecular complexity index is 866. The van der Waals surface area contributed by atoms with Crippen LogP contribution in [0.4, 0.5) is 0 Å². The van der Waals surface area contributed by atoms with Gasteiger partial charge in [-0.1, -0.05) is 48.5 Å². The molecule has 0 aliphatic rings. The predicted molar refractivity (Wildman–Crippen MR) is 146 cm³/mol. The van der Waals surface area contributed by atoms with E-state index in [0.717, 1.165) is 50.4 Å². The summed E-state index contributed by atoms with van der Waals surface area (Å²) < 4.78 is 1.37. The van der Waals surface area contributed by atoms with E-state index in [1.54, 1.807) is 0 Å². The zero-order valence-electron chi connectivity index (χ0n) is 22.7. The van der Waals surface area contributed by atoms with Gasteiger partial charge in [-0.15, -0.1) is 0 Å². The van der Waals surface area contributed by atoms with Gasteiger partial charge in [0.05, 0.1) is 39.3 Å². The van der Waals surface area contributed by atoms with Crippen LogP contribution in [-0.2, 0) is 0 Å². The second-order valence-electron chi connectivity index (χ2n) is 9.87. The minimum absolute atomic E-state index is 0.124. The van der Waals surface area contributed by atoms with E-state index in [2.05, 4.69) is 27.7 Å². The van der Waals surface area contributed by atoms with Crippen molar-refractivity contribution in [3.63, 3.8) is 0 Å². The fourth-order valence-corrected chi connectivity index (χ4v) is 4.99. The Morgan fingerprint density at radius 1 is 0.583 bits per heavy atom. The molecule has 0 saturated heterocycles. The van der Waals surface area contributed by atoms with E-state index in [-0.39, 0.29) is 24.8 Å². The van der Waals surface area contributed by atoms with Crippen molar-refractivity contribution in [3.8, 4) is 11.1 Å². The number of carbonyl (C=O) groups excluding carboxylic acids is 2. The molecule has 0 aliphatic carbocycles. The molecule has 0 fully saturated rings. The summed E-state index contributed by atoms with van der Waals surface area (Å²) >= 11 is 0. The largest absolute Gasteiger partial charge is 0.396 e. The van der Waals surface area contributed by atoms with Gasteiger partial charge in [0.2, 0.25) is 11.6 Å². The number of hydrogen-bond acceptors (Lipinski definition) is 4. The lowest BCUT2D eigenvalue weighted by Crippen LogP contribution is -2.51. The highest BCUT2D eigenvalue weighted by Gasteiger charge is 2.28. The lowest BCUT2D eigenvalue weighted by atomic mass is 9.99. The molecule has 0 saturated carbocycles. The molecular weight excluding hydrogens is 452 g/mol. The number of quaternary nitrogens is 2. The second-order valence-corrected chi connectivity index (χ2v) is 9.87. The molecule has 6 heteroatoms. The van der Waals surface area contributed by atoms with Gasteiger partial charge in [-0.25, -0.2) is 0 Å². The number of rotatable bonds is 17. The second kappa shape index (κ2) is 14.4. The molecule has 0 radical (unpaired) electrons. The van der Waals surface area contributed by atoms with Crippen molar-refractivity contribution in [2.24, 2.45) is 0 Å². The highest BCUT2D eigenvalue weighted by Crippen LogP contribution is 2.22. The van der Waals surface area contributed by atoms with Gasteiger partial charge in [-0.3, -0.25) is 9.59 Å². The summed E-state index contributed by atoms with van der Waals surface area (Å²) in [6.07, 6.45) is 1.40. The first-order valence-electron chi connectivity index (χ1n) is 13.5. The topological polar surface area (TPSA) is 74.6 Å². The van der Waals surface area contributed by atoms with Crippen molar-refractivity contribution >= 4 is 11.6 Å². The minimum atomic E-state index is 0.124. The molecule has 2 N–H and O–H groups in total. The van der Waals surface area contributed by atoms with Crippen LogP contribution >= 0.6 is 0 Å². The summed E-state index contributed by atoms with van der Waals surface area (Å²) in [6, 6.07) is 15.4. The van der Waals surface area contributed by atoms with Gasteiger partial charge in [-0.05, 0) is 38.8 Å². The van der Waals surface area contributed by atoms with Crippen LogP contribution in [0.3, 0.4) is 0 Å². The Morgan fingerprint density at radius 2 is 0.889 bits per heavy atom. The molecule has 0 unspecified atom stereocenters. The van der Waals surface area contributed by atoms with Gasteiger partial charge in [0.25, 0.3) is 0 Å². The average molecular weight is 499 g/mol. The zero-order valence-corrected chi connectivity index (χ0v) is 22.7. The van der Waals surface area contributed by atoms with Crippen LogP contribution in [0.1, 0.15) is 61.3 Å². The van der Waals surface area contributed by atoms with Crippen molar-refractivity contribution in [1.82, 2.24) is 0 Å².